The molecule has 1 amide bonds. The van der Waals surface area contributed by atoms with Gasteiger partial charge in [-0.25, -0.2) is 17.9 Å². The molecule has 1 fully saturated rings. The molecule has 1 aromatic carbocycles. The number of halogens is 1. The second-order valence-corrected chi connectivity index (χ2v) is 10.1. The van der Waals surface area contributed by atoms with Crippen LogP contribution in [-0.2, 0) is 21.1 Å². The van der Waals surface area contributed by atoms with Crippen LogP contribution in [0.5, 0.6) is 0 Å². The molecule has 1 aliphatic rings. The monoisotopic (exact) mass is 450 g/mol. The first kappa shape index (κ1) is 18.4. The quantitative estimate of drug-likeness (QED) is 0.659. The van der Waals surface area contributed by atoms with Gasteiger partial charge in [-0.1, -0.05) is 15.9 Å². The van der Waals surface area contributed by atoms with E-state index in [9.17, 15) is 13.2 Å². The molecule has 0 saturated carbocycles. The molecule has 0 radical (unpaired) electrons. The first-order chi connectivity index (χ1) is 12.7. The highest BCUT2D eigenvalue weighted by Gasteiger charge is 2.29. The molecule has 1 aliphatic heterocycles. The summed E-state index contributed by atoms with van der Waals surface area (Å²) < 4.78 is 25.9. The first-order valence-corrected chi connectivity index (χ1v) is 11.3. The summed E-state index contributed by atoms with van der Waals surface area (Å²) in [5, 5.41) is 8.41. The summed E-state index contributed by atoms with van der Waals surface area (Å²) in [5.74, 6) is -0.0317. The van der Waals surface area contributed by atoms with Crippen LogP contribution in [0.3, 0.4) is 0 Å². The van der Waals surface area contributed by atoms with Crippen LogP contribution in [0.2, 0.25) is 0 Å². The minimum atomic E-state index is -3.02. The van der Waals surface area contributed by atoms with E-state index in [0.717, 1.165) is 38.0 Å². The molecule has 142 valence electrons. The average Bonchev–Trinajstić information content (AvgIpc) is 3.10. The molecule has 9 heteroatoms. The number of rotatable bonds is 3. The first-order valence-electron chi connectivity index (χ1n) is 8.67. The number of nitrogens with zero attached hydrogens (tertiary/aromatic N) is 3. The molecule has 1 atom stereocenters. The highest BCUT2D eigenvalue weighted by Crippen LogP contribution is 2.25. The van der Waals surface area contributed by atoms with Gasteiger partial charge in [0.2, 0.25) is 5.91 Å². The Kier molecular flexibility index (Phi) is 4.46. The molecule has 0 spiro atoms. The van der Waals surface area contributed by atoms with Crippen LogP contribution in [0, 0.1) is 13.8 Å². The third kappa shape index (κ3) is 3.45. The maximum Gasteiger partial charge on any atom is 0.224 e. The molecule has 7 nitrogen and oxygen atoms in total. The summed E-state index contributed by atoms with van der Waals surface area (Å²) in [6.45, 7) is 3.80. The summed E-state index contributed by atoms with van der Waals surface area (Å²) in [6.07, 6.45) is 0.625. The van der Waals surface area contributed by atoms with Gasteiger partial charge in [0.15, 0.2) is 15.5 Å². The summed E-state index contributed by atoms with van der Waals surface area (Å²) >= 11 is 3.45. The van der Waals surface area contributed by atoms with E-state index in [2.05, 4.69) is 31.3 Å². The number of nitrogens with one attached hydrogen (secondary N) is 1. The van der Waals surface area contributed by atoms with Crippen molar-refractivity contribution in [3.63, 3.8) is 0 Å². The van der Waals surface area contributed by atoms with Crippen LogP contribution in [0.1, 0.15) is 23.4 Å². The molecule has 3 aromatic rings. The molecule has 3 heterocycles. The van der Waals surface area contributed by atoms with E-state index in [4.69, 9.17) is 0 Å². The lowest BCUT2D eigenvalue weighted by molar-refractivity contribution is -0.121. The number of carbonyl (C=O) groups excluding carboxylic acids is 1. The largest absolute Gasteiger partial charge is 0.352 e. The topological polar surface area (TPSA) is 93.4 Å². The van der Waals surface area contributed by atoms with Crippen LogP contribution in [0.15, 0.2) is 22.7 Å². The minimum Gasteiger partial charge on any atom is -0.352 e. The molecule has 27 heavy (non-hydrogen) atoms. The van der Waals surface area contributed by atoms with Crippen LogP contribution in [0.25, 0.3) is 16.6 Å². The molecule has 1 N–H and O–H groups in total. The second-order valence-electron chi connectivity index (χ2n) is 7.00. The molecular formula is C18H19BrN4O3S. The van der Waals surface area contributed by atoms with Gasteiger partial charge in [0.05, 0.1) is 23.4 Å². The van der Waals surface area contributed by atoms with E-state index >= 15 is 0 Å². The summed E-state index contributed by atoms with van der Waals surface area (Å²) in [7, 11) is -3.02. The number of aromatic nitrogens is 3. The molecule has 1 unspecified atom stereocenters. The van der Waals surface area contributed by atoms with Crippen LogP contribution >= 0.6 is 15.9 Å². The van der Waals surface area contributed by atoms with Gasteiger partial charge in [-0.2, -0.15) is 5.10 Å². The Morgan fingerprint density at radius 1 is 1.37 bits per heavy atom. The van der Waals surface area contributed by atoms with Gasteiger partial charge in [0, 0.05) is 32.9 Å². The lowest BCUT2D eigenvalue weighted by atomic mass is 10.1. The van der Waals surface area contributed by atoms with Crippen molar-refractivity contribution in [2.75, 3.05) is 11.5 Å². The molecule has 0 aliphatic carbocycles. The van der Waals surface area contributed by atoms with Crippen molar-refractivity contribution in [3.8, 4) is 0 Å². The van der Waals surface area contributed by atoms with Crippen molar-refractivity contribution < 1.29 is 13.2 Å². The lowest BCUT2D eigenvalue weighted by Gasteiger charge is -2.14. The van der Waals surface area contributed by atoms with Gasteiger partial charge in [-0.3, -0.25) is 4.79 Å². The van der Waals surface area contributed by atoms with Crippen LogP contribution in [0.4, 0.5) is 0 Å². The fourth-order valence-corrected chi connectivity index (χ4v) is 5.63. The second kappa shape index (κ2) is 6.56. The predicted molar refractivity (Wildman–Crippen MR) is 107 cm³/mol. The molecule has 0 bridgehead atoms. The molecular weight excluding hydrogens is 432 g/mol. The fraction of sp³-hybridized carbons (Fsp3) is 0.389. The highest BCUT2D eigenvalue weighted by molar-refractivity contribution is 9.10. The molecule has 1 saturated heterocycles. The Morgan fingerprint density at radius 2 is 2.15 bits per heavy atom. The van der Waals surface area contributed by atoms with Gasteiger partial charge in [-0.15, -0.1) is 0 Å². The number of sulfone groups is 1. The van der Waals surface area contributed by atoms with Gasteiger partial charge in [-0.05, 0) is 38.5 Å². The van der Waals surface area contributed by atoms with Crippen molar-refractivity contribution in [2.45, 2.75) is 32.7 Å². The average molecular weight is 451 g/mol. The maximum atomic E-state index is 12.5. The Balaban J connectivity index is 1.65. The Labute approximate surface area is 165 Å². The van der Waals surface area contributed by atoms with Gasteiger partial charge >= 0.3 is 0 Å². The van der Waals surface area contributed by atoms with E-state index in [-0.39, 0.29) is 29.9 Å². The van der Waals surface area contributed by atoms with Crippen molar-refractivity contribution in [3.05, 3.63) is 39.6 Å². The number of fused-ring (bicyclic) bond motifs is 3. The molecule has 2 aromatic heterocycles. The van der Waals surface area contributed by atoms with Crippen molar-refractivity contribution in [1.82, 2.24) is 19.9 Å². The van der Waals surface area contributed by atoms with E-state index in [0.29, 0.717) is 6.42 Å². The van der Waals surface area contributed by atoms with E-state index < -0.39 is 9.84 Å². The normalized spacial score (nSPS) is 19.0. The van der Waals surface area contributed by atoms with Gasteiger partial charge in [0.25, 0.3) is 0 Å². The lowest BCUT2D eigenvalue weighted by Crippen LogP contribution is -2.37. The van der Waals surface area contributed by atoms with Gasteiger partial charge < -0.3 is 5.32 Å². The van der Waals surface area contributed by atoms with Crippen LogP contribution in [-0.4, -0.2) is 46.5 Å². The summed E-state index contributed by atoms with van der Waals surface area (Å²) in [5.41, 5.74) is 4.04. The zero-order valence-electron chi connectivity index (χ0n) is 15.0. The molecule has 4 rings (SSSR count). The Bertz CT molecular complexity index is 1190. The summed E-state index contributed by atoms with van der Waals surface area (Å²) in [6, 6.07) is 5.56. The maximum absolute atomic E-state index is 12.5. The number of carbonyl (C=O) groups is 1. The predicted octanol–water partition coefficient (Wildman–Crippen LogP) is 2.11. The smallest absolute Gasteiger partial charge is 0.224 e. The Morgan fingerprint density at radius 3 is 2.85 bits per heavy atom. The SMILES string of the molecule is Cc1nc2c3ccc(Br)cc3nn2c(C)c1CC(=O)NC1CCS(=O)(=O)C1. The third-order valence-corrected chi connectivity index (χ3v) is 7.27. The van der Waals surface area contributed by atoms with Crippen molar-refractivity contribution in [1.29, 1.82) is 0 Å². The third-order valence-electron chi connectivity index (χ3n) is 5.01. The van der Waals surface area contributed by atoms with Crippen molar-refractivity contribution >= 4 is 48.2 Å². The standard InChI is InChI=1S/C18H19BrN4O3S/c1-10-15(8-17(24)21-13-5-6-27(25,26)9-13)11(2)23-18(20-10)14-4-3-12(19)7-16(14)22-23/h3-4,7,13H,5-6,8-9H2,1-2H3,(H,21,24). The van der Waals surface area contributed by atoms with E-state index in [1.807, 2.05) is 32.0 Å². The fourth-order valence-electron chi connectivity index (χ4n) is 3.61. The number of aryl methyl sites for hydroxylation is 2. The van der Waals surface area contributed by atoms with E-state index in [1.54, 1.807) is 4.52 Å². The Hall–Kier alpha value is -2.00. The number of benzene rings is 1. The van der Waals surface area contributed by atoms with Gasteiger partial charge in [0.1, 0.15) is 0 Å². The minimum absolute atomic E-state index is 0.0212. The zero-order valence-corrected chi connectivity index (χ0v) is 17.4. The van der Waals surface area contributed by atoms with Crippen molar-refractivity contribution in [2.24, 2.45) is 0 Å². The number of amides is 1. The highest BCUT2D eigenvalue weighted by atomic mass is 79.9. The summed E-state index contributed by atoms with van der Waals surface area (Å²) in [4.78, 5) is 17.1. The number of hydrogen-bond acceptors (Lipinski definition) is 5. The zero-order chi connectivity index (χ0) is 19.3. The van der Waals surface area contributed by atoms with Crippen LogP contribution < -0.4 is 5.32 Å². The number of hydrogen-bond donors (Lipinski definition) is 1. The van der Waals surface area contributed by atoms with E-state index in [1.165, 1.54) is 0 Å².